The monoisotopic (exact) mass is 358 g/mol. The van der Waals surface area contributed by atoms with E-state index >= 15 is 0 Å². The predicted molar refractivity (Wildman–Crippen MR) is 102 cm³/mol. The normalized spacial score (nSPS) is 11.0. The third kappa shape index (κ3) is 5.07. The number of anilines is 1. The van der Waals surface area contributed by atoms with Crippen molar-refractivity contribution in [2.45, 2.75) is 27.2 Å². The molecule has 132 valence electrons. The summed E-state index contributed by atoms with van der Waals surface area (Å²) >= 11 is 6.07. The largest absolute Gasteiger partial charge is 0.355 e. The average molecular weight is 359 g/mol. The average Bonchev–Trinajstić information content (AvgIpc) is 2.59. The van der Waals surface area contributed by atoms with Crippen LogP contribution in [0.5, 0.6) is 0 Å². The maximum atomic E-state index is 12.5. The van der Waals surface area contributed by atoms with Crippen molar-refractivity contribution >= 4 is 29.1 Å². The van der Waals surface area contributed by atoms with Crippen LogP contribution in [0.1, 0.15) is 25.0 Å². The topological polar surface area (TPSA) is 58.2 Å². The quantitative estimate of drug-likeness (QED) is 0.767. The first-order valence-corrected chi connectivity index (χ1v) is 8.58. The summed E-state index contributed by atoms with van der Waals surface area (Å²) in [5.41, 5.74) is 1.45. The van der Waals surface area contributed by atoms with Crippen LogP contribution in [-0.2, 0) is 16.0 Å². The highest BCUT2D eigenvalue weighted by Gasteiger charge is 2.35. The third-order valence-electron chi connectivity index (χ3n) is 4.11. The molecule has 5 heteroatoms. The first kappa shape index (κ1) is 19.0. The fourth-order valence-electron chi connectivity index (χ4n) is 2.25. The number of hydrogen-bond donors (Lipinski definition) is 2. The first-order valence-electron chi connectivity index (χ1n) is 8.20. The van der Waals surface area contributed by atoms with Crippen molar-refractivity contribution in [3.63, 3.8) is 0 Å². The molecule has 0 aliphatic carbocycles. The minimum absolute atomic E-state index is 0.306. The molecular formula is C20H23ClN2O2. The van der Waals surface area contributed by atoms with Crippen molar-refractivity contribution in [1.82, 2.24) is 5.32 Å². The van der Waals surface area contributed by atoms with Crippen molar-refractivity contribution < 1.29 is 9.59 Å². The maximum Gasteiger partial charge on any atom is 0.239 e. The minimum Gasteiger partial charge on any atom is -0.355 e. The Hall–Kier alpha value is -2.33. The van der Waals surface area contributed by atoms with E-state index < -0.39 is 5.41 Å². The molecule has 2 rings (SSSR count). The van der Waals surface area contributed by atoms with Crippen LogP contribution in [-0.4, -0.2) is 18.4 Å². The molecule has 0 aromatic heterocycles. The van der Waals surface area contributed by atoms with E-state index in [2.05, 4.69) is 10.6 Å². The van der Waals surface area contributed by atoms with E-state index in [4.69, 9.17) is 11.6 Å². The number of amides is 2. The van der Waals surface area contributed by atoms with Gasteiger partial charge in [-0.15, -0.1) is 0 Å². The van der Waals surface area contributed by atoms with Crippen LogP contribution < -0.4 is 10.6 Å². The van der Waals surface area contributed by atoms with Crippen LogP contribution in [0.15, 0.2) is 48.5 Å². The van der Waals surface area contributed by atoms with Gasteiger partial charge in [-0.2, -0.15) is 0 Å². The summed E-state index contributed by atoms with van der Waals surface area (Å²) in [6.45, 7) is 5.58. The van der Waals surface area contributed by atoms with Gasteiger partial charge in [0.05, 0.1) is 0 Å². The van der Waals surface area contributed by atoms with Crippen molar-refractivity contribution in [1.29, 1.82) is 0 Å². The number of aryl methyl sites for hydroxylation is 1. The minimum atomic E-state index is -1.19. The molecule has 0 aliphatic heterocycles. The van der Waals surface area contributed by atoms with Gasteiger partial charge in [0.1, 0.15) is 5.41 Å². The van der Waals surface area contributed by atoms with Gasteiger partial charge in [-0.25, -0.2) is 0 Å². The van der Waals surface area contributed by atoms with Gasteiger partial charge in [0, 0.05) is 17.3 Å². The second kappa shape index (κ2) is 8.17. The van der Waals surface area contributed by atoms with E-state index in [1.165, 1.54) is 0 Å². The number of nitrogens with one attached hydrogen (secondary N) is 2. The lowest BCUT2D eigenvalue weighted by molar-refractivity contribution is -0.138. The van der Waals surface area contributed by atoms with Gasteiger partial charge in [0.15, 0.2) is 0 Å². The summed E-state index contributed by atoms with van der Waals surface area (Å²) in [4.78, 5) is 24.9. The Balaban J connectivity index is 1.92. The zero-order chi connectivity index (χ0) is 18.4. The van der Waals surface area contributed by atoms with Crippen molar-refractivity contribution in [3.8, 4) is 0 Å². The number of rotatable bonds is 6. The third-order valence-corrected chi connectivity index (χ3v) is 4.51. The van der Waals surface area contributed by atoms with Crippen LogP contribution in [0.2, 0.25) is 5.02 Å². The zero-order valence-electron chi connectivity index (χ0n) is 14.7. The number of halogens is 1. The molecular weight excluding hydrogens is 336 g/mol. The number of carbonyl (C=O) groups is 2. The fourth-order valence-corrected chi connectivity index (χ4v) is 2.43. The Kier molecular flexibility index (Phi) is 6.21. The Bertz CT molecular complexity index is 758. The number of carbonyl (C=O) groups excluding carboxylic acids is 2. The molecule has 0 saturated heterocycles. The van der Waals surface area contributed by atoms with Gasteiger partial charge >= 0.3 is 0 Å². The van der Waals surface area contributed by atoms with Crippen molar-refractivity contribution in [2.24, 2.45) is 5.41 Å². The second-order valence-electron chi connectivity index (χ2n) is 6.53. The second-order valence-corrected chi connectivity index (χ2v) is 6.94. The predicted octanol–water partition coefficient (Wildman–Crippen LogP) is 3.97. The van der Waals surface area contributed by atoms with Crippen LogP contribution >= 0.6 is 11.6 Å². The number of hydrogen-bond acceptors (Lipinski definition) is 2. The SMILES string of the molecule is Cc1ccc(NC(=O)C(C)(C)C(=O)NCCc2ccccc2)cc1Cl. The van der Waals surface area contributed by atoms with Crippen molar-refractivity contribution in [2.75, 3.05) is 11.9 Å². The molecule has 2 amide bonds. The van der Waals surface area contributed by atoms with Crippen LogP contribution in [0, 0.1) is 12.3 Å². The smallest absolute Gasteiger partial charge is 0.239 e. The standard InChI is InChI=1S/C20H23ClN2O2/c1-14-9-10-16(13-17(14)21)23-19(25)20(2,3)18(24)22-12-11-15-7-5-4-6-8-15/h4-10,13H,11-12H2,1-3H3,(H,22,24)(H,23,25). The highest BCUT2D eigenvalue weighted by molar-refractivity contribution is 6.31. The zero-order valence-corrected chi connectivity index (χ0v) is 15.5. The van der Waals surface area contributed by atoms with Gasteiger partial charge in [-0.1, -0.05) is 48.0 Å². The van der Waals surface area contributed by atoms with E-state index in [0.717, 1.165) is 17.5 Å². The van der Waals surface area contributed by atoms with Gasteiger partial charge in [-0.3, -0.25) is 9.59 Å². The molecule has 0 atom stereocenters. The molecule has 0 spiro atoms. The van der Waals surface area contributed by atoms with E-state index in [-0.39, 0.29) is 11.8 Å². The Morgan fingerprint density at radius 1 is 1.04 bits per heavy atom. The molecule has 2 aromatic rings. The Morgan fingerprint density at radius 2 is 1.72 bits per heavy atom. The molecule has 4 nitrogen and oxygen atoms in total. The molecule has 0 radical (unpaired) electrons. The molecule has 2 aromatic carbocycles. The summed E-state index contributed by atoms with van der Waals surface area (Å²) in [5, 5.41) is 6.16. The van der Waals surface area contributed by atoms with E-state index in [1.807, 2.05) is 43.3 Å². The van der Waals surface area contributed by atoms with Gasteiger partial charge in [-0.05, 0) is 50.5 Å². The molecule has 0 bridgehead atoms. The van der Waals surface area contributed by atoms with Crippen LogP contribution in [0.3, 0.4) is 0 Å². The lowest BCUT2D eigenvalue weighted by atomic mass is 9.90. The molecule has 0 unspecified atom stereocenters. The molecule has 2 N–H and O–H groups in total. The summed E-state index contributed by atoms with van der Waals surface area (Å²) < 4.78 is 0. The first-order chi connectivity index (χ1) is 11.8. The van der Waals surface area contributed by atoms with E-state index in [9.17, 15) is 9.59 Å². The van der Waals surface area contributed by atoms with E-state index in [1.54, 1.807) is 26.0 Å². The summed E-state index contributed by atoms with van der Waals surface area (Å²) in [5.74, 6) is -0.677. The van der Waals surface area contributed by atoms with Crippen LogP contribution in [0.4, 0.5) is 5.69 Å². The molecule has 0 saturated carbocycles. The molecule has 0 fully saturated rings. The molecule has 0 heterocycles. The van der Waals surface area contributed by atoms with Crippen molar-refractivity contribution in [3.05, 3.63) is 64.7 Å². The van der Waals surface area contributed by atoms with Gasteiger partial charge < -0.3 is 10.6 Å². The molecule has 0 aliphatic rings. The fraction of sp³-hybridized carbons (Fsp3) is 0.300. The van der Waals surface area contributed by atoms with E-state index in [0.29, 0.717) is 17.3 Å². The highest BCUT2D eigenvalue weighted by atomic mass is 35.5. The van der Waals surface area contributed by atoms with Gasteiger partial charge in [0.25, 0.3) is 0 Å². The number of benzene rings is 2. The lowest BCUT2D eigenvalue weighted by Gasteiger charge is -2.23. The highest BCUT2D eigenvalue weighted by Crippen LogP contribution is 2.23. The Labute approximate surface area is 153 Å². The van der Waals surface area contributed by atoms with Crippen LogP contribution in [0.25, 0.3) is 0 Å². The molecule has 25 heavy (non-hydrogen) atoms. The Morgan fingerprint density at radius 3 is 2.36 bits per heavy atom. The maximum absolute atomic E-state index is 12.5. The summed E-state index contributed by atoms with van der Waals surface area (Å²) in [6.07, 6.45) is 0.720. The summed E-state index contributed by atoms with van der Waals surface area (Å²) in [6, 6.07) is 15.1. The van der Waals surface area contributed by atoms with Gasteiger partial charge in [0.2, 0.25) is 11.8 Å². The summed E-state index contributed by atoms with van der Waals surface area (Å²) in [7, 11) is 0. The lowest BCUT2D eigenvalue weighted by Crippen LogP contribution is -2.45.